The quantitative estimate of drug-likeness (QED) is 0.606. The minimum Gasteiger partial charge on any atom is -0.491 e. The van der Waals surface area contributed by atoms with Crippen molar-refractivity contribution in [3.8, 4) is 5.75 Å². The van der Waals surface area contributed by atoms with Crippen molar-refractivity contribution in [1.29, 1.82) is 0 Å². The molecule has 1 fully saturated rings. The molecule has 1 saturated carbocycles. The zero-order valence-electron chi connectivity index (χ0n) is 18.0. The molecular formula is C25H31N3O2. The number of amides is 1. The number of rotatable bonds is 7. The number of ether oxygens (including phenoxy) is 1. The maximum atomic E-state index is 12.6. The lowest BCUT2D eigenvalue weighted by molar-refractivity contribution is -0.126. The van der Waals surface area contributed by atoms with Crippen LogP contribution in [-0.2, 0) is 17.9 Å². The van der Waals surface area contributed by atoms with Crippen LogP contribution in [0.5, 0.6) is 5.75 Å². The summed E-state index contributed by atoms with van der Waals surface area (Å²) in [4.78, 5) is 17.4. The maximum Gasteiger partial charge on any atom is 0.223 e. The molecule has 5 nitrogen and oxygen atoms in total. The van der Waals surface area contributed by atoms with Crippen molar-refractivity contribution in [1.82, 2.24) is 14.9 Å². The monoisotopic (exact) mass is 405 g/mol. The van der Waals surface area contributed by atoms with E-state index in [9.17, 15) is 4.79 Å². The molecule has 1 heterocycles. The molecule has 0 saturated heterocycles. The van der Waals surface area contributed by atoms with Gasteiger partial charge >= 0.3 is 0 Å². The highest BCUT2D eigenvalue weighted by Gasteiger charge is 2.21. The number of aryl methyl sites for hydroxylation is 2. The van der Waals surface area contributed by atoms with Crippen molar-refractivity contribution in [2.45, 2.75) is 59.0 Å². The third-order valence-corrected chi connectivity index (χ3v) is 6.03. The summed E-state index contributed by atoms with van der Waals surface area (Å²) in [5.41, 5.74) is 4.40. The highest BCUT2D eigenvalue weighted by Crippen LogP contribution is 2.24. The Kier molecular flexibility index (Phi) is 6.36. The molecule has 0 unspecified atom stereocenters. The zero-order valence-corrected chi connectivity index (χ0v) is 18.0. The first-order chi connectivity index (χ1) is 14.6. The van der Waals surface area contributed by atoms with Gasteiger partial charge in [0.2, 0.25) is 5.91 Å². The number of hydrogen-bond acceptors (Lipinski definition) is 3. The van der Waals surface area contributed by atoms with Crippen LogP contribution < -0.4 is 10.1 Å². The van der Waals surface area contributed by atoms with Crippen LogP contribution in [0.2, 0.25) is 0 Å². The Bertz CT molecular complexity index is 1020. The second-order valence-electron chi connectivity index (χ2n) is 8.34. The van der Waals surface area contributed by atoms with Crippen molar-refractivity contribution in [3.05, 3.63) is 59.4 Å². The molecule has 5 heteroatoms. The lowest BCUT2D eigenvalue weighted by Gasteiger charge is -2.20. The standard InChI is InChI=1S/C25H31N3O2/c1-18-12-13-23(19(2)16-18)30-15-14-28-22-11-7-6-10-21(22)27-24(28)17-26-25(29)20-8-4-3-5-9-20/h6-7,10-13,16,20H,3-5,8-9,14-15,17H2,1-2H3,(H,26,29). The maximum absolute atomic E-state index is 12.6. The number of imidazole rings is 1. The first-order valence-electron chi connectivity index (χ1n) is 11.0. The van der Waals surface area contributed by atoms with E-state index in [-0.39, 0.29) is 11.8 Å². The average Bonchev–Trinajstić information content (AvgIpc) is 3.12. The predicted molar refractivity (Wildman–Crippen MR) is 120 cm³/mol. The van der Waals surface area contributed by atoms with Gasteiger partial charge in [0.25, 0.3) is 0 Å². The van der Waals surface area contributed by atoms with Gasteiger partial charge in [0.1, 0.15) is 18.2 Å². The van der Waals surface area contributed by atoms with E-state index in [4.69, 9.17) is 9.72 Å². The van der Waals surface area contributed by atoms with Crippen LogP contribution in [-0.4, -0.2) is 22.1 Å². The molecule has 3 aromatic rings. The van der Waals surface area contributed by atoms with Crippen LogP contribution in [0.15, 0.2) is 42.5 Å². The molecule has 4 rings (SSSR count). The van der Waals surface area contributed by atoms with Gasteiger partial charge in [0.05, 0.1) is 24.1 Å². The summed E-state index contributed by atoms with van der Waals surface area (Å²) in [5.74, 6) is 2.12. The smallest absolute Gasteiger partial charge is 0.223 e. The molecular weight excluding hydrogens is 374 g/mol. The molecule has 2 aromatic carbocycles. The van der Waals surface area contributed by atoms with Gasteiger partial charge in [-0.15, -0.1) is 0 Å². The van der Waals surface area contributed by atoms with E-state index in [1.807, 2.05) is 24.3 Å². The molecule has 0 radical (unpaired) electrons. The molecule has 1 aromatic heterocycles. The number of fused-ring (bicyclic) bond motifs is 1. The summed E-state index contributed by atoms with van der Waals surface area (Å²) in [6.07, 6.45) is 5.58. The molecule has 158 valence electrons. The summed E-state index contributed by atoms with van der Waals surface area (Å²) in [6, 6.07) is 14.3. The van der Waals surface area contributed by atoms with Crippen LogP contribution in [0.4, 0.5) is 0 Å². The molecule has 0 bridgehead atoms. The summed E-state index contributed by atoms with van der Waals surface area (Å²) in [7, 11) is 0. The van der Waals surface area contributed by atoms with Crippen LogP contribution in [0.3, 0.4) is 0 Å². The van der Waals surface area contributed by atoms with Crippen LogP contribution in [0, 0.1) is 19.8 Å². The van der Waals surface area contributed by atoms with E-state index in [0.717, 1.165) is 53.9 Å². The lowest BCUT2D eigenvalue weighted by Crippen LogP contribution is -2.32. The first-order valence-corrected chi connectivity index (χ1v) is 11.0. The number of carbonyl (C=O) groups is 1. The number of nitrogens with one attached hydrogen (secondary N) is 1. The SMILES string of the molecule is Cc1ccc(OCCn2c(CNC(=O)C3CCCCC3)nc3ccccc32)c(C)c1. The van der Waals surface area contributed by atoms with Crippen molar-refractivity contribution < 1.29 is 9.53 Å². The number of carbonyl (C=O) groups excluding carboxylic acids is 1. The highest BCUT2D eigenvalue weighted by molar-refractivity contribution is 5.79. The Morgan fingerprint density at radius 2 is 1.93 bits per heavy atom. The number of nitrogens with zero attached hydrogens (tertiary/aromatic N) is 2. The largest absolute Gasteiger partial charge is 0.491 e. The third kappa shape index (κ3) is 4.66. The van der Waals surface area contributed by atoms with Gasteiger partial charge in [0.15, 0.2) is 0 Å². The fourth-order valence-electron chi connectivity index (χ4n) is 4.39. The fourth-order valence-corrected chi connectivity index (χ4v) is 4.39. The van der Waals surface area contributed by atoms with E-state index in [1.165, 1.54) is 12.0 Å². The molecule has 0 atom stereocenters. The van der Waals surface area contributed by atoms with Gasteiger partial charge in [-0.3, -0.25) is 4.79 Å². The Labute approximate surface area is 178 Å². The van der Waals surface area contributed by atoms with E-state index >= 15 is 0 Å². The van der Waals surface area contributed by atoms with Crippen LogP contribution in [0.25, 0.3) is 11.0 Å². The second-order valence-corrected chi connectivity index (χ2v) is 8.34. The Morgan fingerprint density at radius 3 is 2.73 bits per heavy atom. The predicted octanol–water partition coefficient (Wildman–Crippen LogP) is 4.93. The number of para-hydroxylation sites is 2. The van der Waals surface area contributed by atoms with Crippen molar-refractivity contribution >= 4 is 16.9 Å². The van der Waals surface area contributed by atoms with Gasteiger partial charge in [0, 0.05) is 5.92 Å². The molecule has 1 aliphatic rings. The van der Waals surface area contributed by atoms with Crippen LogP contribution >= 0.6 is 0 Å². The lowest BCUT2D eigenvalue weighted by atomic mass is 9.89. The number of aromatic nitrogens is 2. The molecule has 30 heavy (non-hydrogen) atoms. The molecule has 0 spiro atoms. The highest BCUT2D eigenvalue weighted by atomic mass is 16.5. The van der Waals surface area contributed by atoms with Gasteiger partial charge in [-0.05, 0) is 50.5 Å². The van der Waals surface area contributed by atoms with Gasteiger partial charge in [-0.25, -0.2) is 4.98 Å². The summed E-state index contributed by atoms with van der Waals surface area (Å²) in [5, 5.41) is 3.13. The Morgan fingerprint density at radius 1 is 1.13 bits per heavy atom. The first kappa shape index (κ1) is 20.5. The third-order valence-electron chi connectivity index (χ3n) is 6.03. The summed E-state index contributed by atoms with van der Waals surface area (Å²) >= 11 is 0. The van der Waals surface area contributed by atoms with E-state index in [2.05, 4.69) is 41.9 Å². The minimum atomic E-state index is 0.157. The van der Waals surface area contributed by atoms with Crippen LogP contribution in [0.1, 0.15) is 49.1 Å². The molecule has 0 aliphatic heterocycles. The Hall–Kier alpha value is -2.82. The van der Waals surface area contributed by atoms with Crippen molar-refractivity contribution in [2.75, 3.05) is 6.61 Å². The van der Waals surface area contributed by atoms with Gasteiger partial charge in [-0.2, -0.15) is 0 Å². The summed E-state index contributed by atoms with van der Waals surface area (Å²) < 4.78 is 8.22. The minimum absolute atomic E-state index is 0.157. The number of hydrogen-bond donors (Lipinski definition) is 1. The summed E-state index contributed by atoms with van der Waals surface area (Å²) in [6.45, 7) is 5.84. The van der Waals surface area contributed by atoms with Gasteiger partial charge < -0.3 is 14.6 Å². The molecule has 1 N–H and O–H groups in total. The van der Waals surface area contributed by atoms with E-state index < -0.39 is 0 Å². The fraction of sp³-hybridized carbons (Fsp3) is 0.440. The van der Waals surface area contributed by atoms with E-state index in [0.29, 0.717) is 19.7 Å². The average molecular weight is 406 g/mol. The molecule has 1 aliphatic carbocycles. The second kappa shape index (κ2) is 9.33. The van der Waals surface area contributed by atoms with E-state index in [1.54, 1.807) is 0 Å². The topological polar surface area (TPSA) is 56.1 Å². The normalized spacial score (nSPS) is 14.7. The number of benzene rings is 2. The Balaban J connectivity index is 1.45. The van der Waals surface area contributed by atoms with Gasteiger partial charge in [-0.1, -0.05) is 49.1 Å². The molecule has 1 amide bonds. The van der Waals surface area contributed by atoms with Crippen molar-refractivity contribution in [3.63, 3.8) is 0 Å². The van der Waals surface area contributed by atoms with Crippen molar-refractivity contribution in [2.24, 2.45) is 5.92 Å². The zero-order chi connectivity index (χ0) is 20.9.